The number of amides is 1. The number of carbonyl (C=O) groups is 2. The number of rotatable bonds is 5. The molecule has 1 saturated heterocycles. The molecule has 2 heterocycles. The van der Waals surface area contributed by atoms with E-state index in [2.05, 4.69) is 29.2 Å². The molecular weight excluding hydrogens is 361 g/mol. The van der Waals surface area contributed by atoms with Crippen molar-refractivity contribution in [2.75, 3.05) is 49.8 Å². The fourth-order valence-electron chi connectivity index (χ4n) is 3.65. The lowest BCUT2D eigenvalue weighted by atomic mass is 10.1. The zero-order valence-corrected chi connectivity index (χ0v) is 15.7. The third-order valence-corrected chi connectivity index (χ3v) is 5.08. The topological polar surface area (TPSA) is 53.1 Å². The highest BCUT2D eigenvalue weighted by molar-refractivity contribution is 6.52. The molecule has 7 heteroatoms. The van der Waals surface area contributed by atoms with E-state index in [9.17, 15) is 14.0 Å². The van der Waals surface area contributed by atoms with E-state index in [0.717, 1.165) is 37.9 Å². The molecule has 28 heavy (non-hydrogen) atoms. The van der Waals surface area contributed by atoms with E-state index >= 15 is 0 Å². The second-order valence-corrected chi connectivity index (χ2v) is 7.15. The summed E-state index contributed by atoms with van der Waals surface area (Å²) in [5.74, 6) is -1.79. The maximum absolute atomic E-state index is 13.4. The summed E-state index contributed by atoms with van der Waals surface area (Å²) < 4.78 is 18.8. The van der Waals surface area contributed by atoms with Crippen molar-refractivity contribution in [2.24, 2.45) is 0 Å². The zero-order chi connectivity index (χ0) is 19.7. The van der Waals surface area contributed by atoms with Gasteiger partial charge in [-0.15, -0.1) is 0 Å². The van der Waals surface area contributed by atoms with E-state index in [1.54, 1.807) is 0 Å². The summed E-state index contributed by atoms with van der Waals surface area (Å²) in [7, 11) is 1.88. The van der Waals surface area contributed by atoms with Crippen LogP contribution in [0.5, 0.6) is 0 Å². The molecule has 4 rings (SSSR count). The standard InChI is InChI=1S/C21H22FN3O3/c1-23(13-15-2-5-17(6-3-15)24-8-10-28-11-9-24)14-25-19-7-4-16(22)12-18(19)20(26)21(25)27/h2-7,12H,8-11,13-14H2,1H3. The Balaban J connectivity index is 1.41. The van der Waals surface area contributed by atoms with Crippen LogP contribution < -0.4 is 9.80 Å². The minimum absolute atomic E-state index is 0.133. The molecule has 0 atom stereocenters. The van der Waals surface area contributed by atoms with E-state index in [0.29, 0.717) is 12.2 Å². The fourth-order valence-corrected chi connectivity index (χ4v) is 3.65. The number of morpholine rings is 1. The summed E-state index contributed by atoms with van der Waals surface area (Å²) in [6.07, 6.45) is 0. The first-order valence-electron chi connectivity index (χ1n) is 9.29. The van der Waals surface area contributed by atoms with Crippen molar-refractivity contribution in [1.82, 2.24) is 4.90 Å². The molecule has 0 aliphatic carbocycles. The first-order valence-corrected chi connectivity index (χ1v) is 9.29. The van der Waals surface area contributed by atoms with Crippen molar-refractivity contribution in [3.8, 4) is 0 Å². The van der Waals surface area contributed by atoms with Gasteiger partial charge >= 0.3 is 5.91 Å². The lowest BCUT2D eigenvalue weighted by Gasteiger charge is -2.29. The van der Waals surface area contributed by atoms with Gasteiger partial charge in [0.25, 0.3) is 5.78 Å². The van der Waals surface area contributed by atoms with E-state index in [1.165, 1.54) is 22.7 Å². The Morgan fingerprint density at radius 3 is 2.50 bits per heavy atom. The van der Waals surface area contributed by atoms with Crippen LogP contribution in [0.25, 0.3) is 0 Å². The van der Waals surface area contributed by atoms with Gasteiger partial charge in [-0.05, 0) is 42.9 Å². The number of hydrogen-bond acceptors (Lipinski definition) is 5. The van der Waals surface area contributed by atoms with E-state index in [-0.39, 0.29) is 12.2 Å². The molecule has 0 unspecified atom stereocenters. The average Bonchev–Trinajstić information content (AvgIpc) is 2.93. The molecule has 0 radical (unpaired) electrons. The highest BCUT2D eigenvalue weighted by Gasteiger charge is 2.36. The van der Waals surface area contributed by atoms with Gasteiger partial charge < -0.3 is 9.64 Å². The van der Waals surface area contributed by atoms with Crippen molar-refractivity contribution in [1.29, 1.82) is 0 Å². The summed E-state index contributed by atoms with van der Waals surface area (Å²) in [6.45, 7) is 4.16. The molecule has 2 aliphatic rings. The largest absolute Gasteiger partial charge is 0.378 e. The minimum atomic E-state index is -0.655. The third kappa shape index (κ3) is 3.63. The maximum Gasteiger partial charge on any atom is 0.300 e. The van der Waals surface area contributed by atoms with Crippen LogP contribution >= 0.6 is 0 Å². The Kier molecular flexibility index (Phi) is 5.11. The van der Waals surface area contributed by atoms with Crippen LogP contribution in [0.15, 0.2) is 42.5 Å². The Bertz CT molecular complexity index is 894. The SMILES string of the molecule is CN(Cc1ccc(N2CCOCC2)cc1)CN1C(=O)C(=O)c2cc(F)ccc21. The van der Waals surface area contributed by atoms with Crippen LogP contribution in [0.3, 0.4) is 0 Å². The molecule has 2 aromatic carbocycles. The van der Waals surface area contributed by atoms with Gasteiger partial charge in [0.05, 0.1) is 31.1 Å². The number of nitrogens with zero attached hydrogens (tertiary/aromatic N) is 3. The Morgan fingerprint density at radius 2 is 1.79 bits per heavy atom. The molecule has 6 nitrogen and oxygen atoms in total. The zero-order valence-electron chi connectivity index (χ0n) is 15.7. The molecule has 0 N–H and O–H groups in total. The minimum Gasteiger partial charge on any atom is -0.378 e. The number of Topliss-reactive ketones (excluding diaryl/α,β-unsaturated/α-hetero) is 1. The van der Waals surface area contributed by atoms with E-state index in [4.69, 9.17) is 4.74 Å². The summed E-state index contributed by atoms with van der Waals surface area (Å²) >= 11 is 0. The maximum atomic E-state index is 13.4. The molecule has 2 aromatic rings. The molecule has 0 bridgehead atoms. The number of anilines is 2. The van der Waals surface area contributed by atoms with Gasteiger partial charge in [-0.1, -0.05) is 12.1 Å². The average molecular weight is 383 g/mol. The van der Waals surface area contributed by atoms with Crippen LogP contribution in [0, 0.1) is 5.82 Å². The molecule has 1 fully saturated rings. The van der Waals surface area contributed by atoms with Gasteiger partial charge in [0.15, 0.2) is 0 Å². The number of carbonyl (C=O) groups excluding carboxylic acids is 2. The number of benzene rings is 2. The second kappa shape index (κ2) is 7.69. The lowest BCUT2D eigenvalue weighted by molar-refractivity contribution is -0.114. The highest BCUT2D eigenvalue weighted by atomic mass is 19.1. The quantitative estimate of drug-likeness (QED) is 0.742. The molecule has 1 amide bonds. The van der Waals surface area contributed by atoms with Gasteiger partial charge in [-0.3, -0.25) is 19.4 Å². The predicted octanol–water partition coefficient (Wildman–Crippen LogP) is 2.28. The van der Waals surface area contributed by atoms with Crippen LogP contribution in [0.1, 0.15) is 15.9 Å². The molecule has 0 saturated carbocycles. The summed E-state index contributed by atoms with van der Waals surface area (Å²) in [5, 5.41) is 0. The van der Waals surface area contributed by atoms with Crippen LogP contribution in [-0.2, 0) is 16.1 Å². The summed E-state index contributed by atoms with van der Waals surface area (Å²) in [4.78, 5) is 30.0. The number of ketones is 1. The first-order chi connectivity index (χ1) is 13.5. The molecule has 146 valence electrons. The molecular formula is C21H22FN3O3. The highest BCUT2D eigenvalue weighted by Crippen LogP contribution is 2.29. The molecule has 2 aliphatic heterocycles. The Hall–Kier alpha value is -2.77. The van der Waals surface area contributed by atoms with Gasteiger partial charge in [0.2, 0.25) is 0 Å². The lowest BCUT2D eigenvalue weighted by Crippen LogP contribution is -2.39. The van der Waals surface area contributed by atoms with Gasteiger partial charge in [-0.25, -0.2) is 4.39 Å². The summed E-state index contributed by atoms with van der Waals surface area (Å²) in [5.41, 5.74) is 2.88. The van der Waals surface area contributed by atoms with Crippen molar-refractivity contribution in [3.05, 3.63) is 59.4 Å². The van der Waals surface area contributed by atoms with Gasteiger partial charge in [0, 0.05) is 25.3 Å². The second-order valence-electron chi connectivity index (χ2n) is 7.15. The van der Waals surface area contributed by atoms with Crippen molar-refractivity contribution in [2.45, 2.75) is 6.54 Å². The fraction of sp³-hybridized carbons (Fsp3) is 0.333. The summed E-state index contributed by atoms with van der Waals surface area (Å²) in [6, 6.07) is 12.2. The normalized spacial score (nSPS) is 16.8. The van der Waals surface area contributed by atoms with Crippen LogP contribution in [-0.4, -0.2) is 56.6 Å². The van der Waals surface area contributed by atoms with Gasteiger partial charge in [-0.2, -0.15) is 0 Å². The predicted molar refractivity (Wildman–Crippen MR) is 104 cm³/mol. The molecule has 0 spiro atoms. The van der Waals surface area contributed by atoms with E-state index in [1.807, 2.05) is 11.9 Å². The smallest absolute Gasteiger partial charge is 0.300 e. The number of hydrogen-bond donors (Lipinski definition) is 0. The van der Waals surface area contributed by atoms with Crippen molar-refractivity contribution < 1.29 is 18.7 Å². The number of fused-ring (bicyclic) bond motifs is 1. The number of halogens is 1. The number of ether oxygens (including phenoxy) is 1. The van der Waals surface area contributed by atoms with Crippen molar-refractivity contribution in [3.63, 3.8) is 0 Å². The van der Waals surface area contributed by atoms with E-state index < -0.39 is 17.5 Å². The monoisotopic (exact) mass is 383 g/mol. The Morgan fingerprint density at radius 1 is 1.07 bits per heavy atom. The molecule has 0 aromatic heterocycles. The first kappa shape index (κ1) is 18.6. The van der Waals surface area contributed by atoms with Crippen molar-refractivity contribution >= 4 is 23.1 Å². The third-order valence-electron chi connectivity index (χ3n) is 5.08. The Labute approximate surface area is 163 Å². The van der Waals surface area contributed by atoms with Crippen LogP contribution in [0.4, 0.5) is 15.8 Å². The van der Waals surface area contributed by atoms with Gasteiger partial charge in [0.1, 0.15) is 5.82 Å². The van der Waals surface area contributed by atoms with Crippen LogP contribution in [0.2, 0.25) is 0 Å².